The van der Waals surface area contributed by atoms with Crippen LogP contribution in [0.1, 0.15) is 25.7 Å². The van der Waals surface area contributed by atoms with E-state index in [1.165, 1.54) is 12.2 Å². The van der Waals surface area contributed by atoms with Gasteiger partial charge in [-0.05, 0) is 12.8 Å². The van der Waals surface area contributed by atoms with Crippen LogP contribution in [0, 0.1) is 0 Å². The fourth-order valence-corrected chi connectivity index (χ4v) is 2.80. The third kappa shape index (κ3) is 15.9. The number of amides is 3. The number of imide groups is 1. The predicted molar refractivity (Wildman–Crippen MR) is 121 cm³/mol. The average Bonchev–Trinajstić information content (AvgIpc) is 3.14. The Morgan fingerprint density at radius 1 is 0.743 bits per heavy atom. The Bertz CT molecular complexity index is 696. The van der Waals surface area contributed by atoms with Crippen molar-refractivity contribution < 1.29 is 47.8 Å². The first-order valence-corrected chi connectivity index (χ1v) is 11.4. The Hall–Kier alpha value is -2.55. The maximum Gasteiger partial charge on any atom is 0.253 e. The molecule has 0 aromatic carbocycles. The Morgan fingerprint density at radius 3 is 2.00 bits per heavy atom. The van der Waals surface area contributed by atoms with Gasteiger partial charge in [-0.2, -0.15) is 0 Å². The highest BCUT2D eigenvalue weighted by molar-refractivity contribution is 6.12. The first kappa shape index (κ1) is 30.5. The van der Waals surface area contributed by atoms with Crippen molar-refractivity contribution in [1.82, 2.24) is 10.2 Å². The minimum absolute atomic E-state index is 0.0668. The quantitative estimate of drug-likeness (QED) is 0.0966. The van der Waals surface area contributed by atoms with Gasteiger partial charge >= 0.3 is 0 Å². The molecule has 0 atom stereocenters. The number of hydrogen-bond donors (Lipinski definition) is 2. The summed E-state index contributed by atoms with van der Waals surface area (Å²) in [7, 11) is 0. The Morgan fingerprint density at radius 2 is 1.31 bits per heavy atom. The van der Waals surface area contributed by atoms with Crippen molar-refractivity contribution in [3.05, 3.63) is 12.2 Å². The van der Waals surface area contributed by atoms with Crippen LogP contribution in [0.15, 0.2) is 12.2 Å². The summed E-state index contributed by atoms with van der Waals surface area (Å²) in [5.41, 5.74) is 0. The summed E-state index contributed by atoms with van der Waals surface area (Å²) in [6, 6.07) is 0. The standard InChI is InChI=1S/C22H35N3O10/c23-35-16-19(27)4-2-9-31-11-14-34-17-20(28)24-7-10-32-12-13-33-15-18(26)3-1-8-25-21(29)5-6-22(25)30/h5-6H,1-4,7-17,23H2,(H,24,28). The third-order valence-corrected chi connectivity index (χ3v) is 4.54. The summed E-state index contributed by atoms with van der Waals surface area (Å²) in [5.74, 6) is 3.59. The summed E-state index contributed by atoms with van der Waals surface area (Å²) in [5, 5.41) is 2.64. The second-order valence-electron chi connectivity index (χ2n) is 7.44. The molecule has 0 saturated carbocycles. The molecule has 0 radical (unpaired) electrons. The molecule has 1 aliphatic heterocycles. The van der Waals surface area contributed by atoms with E-state index < -0.39 is 0 Å². The molecule has 198 valence electrons. The molecular formula is C22H35N3O10. The van der Waals surface area contributed by atoms with Crippen molar-refractivity contribution in [2.75, 3.05) is 72.6 Å². The van der Waals surface area contributed by atoms with Crippen LogP contribution in [-0.2, 0) is 47.8 Å². The number of nitrogens with one attached hydrogen (secondary N) is 1. The highest BCUT2D eigenvalue weighted by Crippen LogP contribution is 2.05. The van der Waals surface area contributed by atoms with Gasteiger partial charge in [0.2, 0.25) is 5.91 Å². The molecule has 1 heterocycles. The van der Waals surface area contributed by atoms with Gasteiger partial charge in [-0.15, -0.1) is 0 Å². The van der Waals surface area contributed by atoms with Crippen molar-refractivity contribution in [3.8, 4) is 0 Å². The molecule has 0 aromatic heterocycles. The van der Waals surface area contributed by atoms with Crippen molar-refractivity contribution in [3.63, 3.8) is 0 Å². The zero-order chi connectivity index (χ0) is 25.7. The number of carbonyl (C=O) groups excluding carboxylic acids is 5. The lowest BCUT2D eigenvalue weighted by molar-refractivity contribution is -0.137. The maximum atomic E-state index is 11.8. The summed E-state index contributed by atoms with van der Waals surface area (Å²) < 4.78 is 21.0. The summed E-state index contributed by atoms with van der Waals surface area (Å²) in [6.07, 6.45) is 3.92. The van der Waals surface area contributed by atoms with Crippen LogP contribution in [0.2, 0.25) is 0 Å². The zero-order valence-corrected chi connectivity index (χ0v) is 19.9. The van der Waals surface area contributed by atoms with Crippen LogP contribution >= 0.6 is 0 Å². The number of nitrogens with zero attached hydrogens (tertiary/aromatic N) is 1. The van der Waals surface area contributed by atoms with E-state index in [1.807, 2.05) is 0 Å². The van der Waals surface area contributed by atoms with Crippen LogP contribution < -0.4 is 11.2 Å². The number of carbonyl (C=O) groups is 5. The molecule has 0 spiro atoms. The lowest BCUT2D eigenvalue weighted by atomic mass is 10.2. The number of rotatable bonds is 23. The Kier molecular flexibility index (Phi) is 17.2. The highest BCUT2D eigenvalue weighted by Gasteiger charge is 2.22. The first-order valence-electron chi connectivity index (χ1n) is 11.4. The van der Waals surface area contributed by atoms with E-state index in [-0.39, 0.29) is 88.5 Å². The number of ether oxygens (including phenoxy) is 4. The van der Waals surface area contributed by atoms with Crippen LogP contribution in [0.25, 0.3) is 0 Å². The van der Waals surface area contributed by atoms with Gasteiger partial charge in [-0.25, -0.2) is 5.90 Å². The van der Waals surface area contributed by atoms with Crippen molar-refractivity contribution >= 4 is 29.3 Å². The highest BCUT2D eigenvalue weighted by atomic mass is 16.6. The lowest BCUT2D eigenvalue weighted by Crippen LogP contribution is -2.31. The molecule has 0 aliphatic carbocycles. The SMILES string of the molecule is NOCC(=O)CCCOCCOCC(=O)NCCOCCOCC(=O)CCCN1C(=O)C=CC1=O. The second kappa shape index (κ2) is 19.7. The minimum atomic E-state index is -0.359. The van der Waals surface area contributed by atoms with E-state index in [1.54, 1.807) is 0 Å². The van der Waals surface area contributed by atoms with Gasteiger partial charge in [0.1, 0.15) is 19.8 Å². The number of ketones is 2. The summed E-state index contributed by atoms with van der Waals surface area (Å²) in [4.78, 5) is 62.7. The fourth-order valence-electron chi connectivity index (χ4n) is 2.80. The molecule has 0 saturated heterocycles. The summed E-state index contributed by atoms with van der Waals surface area (Å²) in [6.45, 7) is 2.00. The molecule has 0 fully saturated rings. The predicted octanol–water partition coefficient (Wildman–Crippen LogP) is -1.32. The molecule has 3 amide bonds. The van der Waals surface area contributed by atoms with E-state index in [2.05, 4.69) is 10.2 Å². The van der Waals surface area contributed by atoms with E-state index in [0.717, 1.165) is 4.90 Å². The van der Waals surface area contributed by atoms with E-state index in [9.17, 15) is 24.0 Å². The molecular weight excluding hydrogens is 466 g/mol. The van der Waals surface area contributed by atoms with Gasteiger partial charge in [-0.3, -0.25) is 33.7 Å². The maximum absolute atomic E-state index is 11.8. The molecule has 3 N–H and O–H groups in total. The number of Topliss-reactive ketones (excluding diaryl/α,β-unsaturated/α-hetero) is 2. The average molecular weight is 502 g/mol. The summed E-state index contributed by atoms with van der Waals surface area (Å²) >= 11 is 0. The topological polar surface area (TPSA) is 173 Å². The third-order valence-electron chi connectivity index (χ3n) is 4.54. The van der Waals surface area contributed by atoms with Gasteiger partial charge in [0.15, 0.2) is 11.6 Å². The molecule has 13 nitrogen and oxygen atoms in total. The molecule has 35 heavy (non-hydrogen) atoms. The number of hydrogen-bond acceptors (Lipinski definition) is 11. The molecule has 0 unspecified atom stereocenters. The van der Waals surface area contributed by atoms with Gasteiger partial charge in [0.05, 0.1) is 33.0 Å². The zero-order valence-electron chi connectivity index (χ0n) is 19.9. The normalized spacial score (nSPS) is 13.0. The van der Waals surface area contributed by atoms with Gasteiger partial charge in [0, 0.05) is 44.7 Å². The van der Waals surface area contributed by atoms with Crippen molar-refractivity contribution in [2.24, 2.45) is 5.90 Å². The van der Waals surface area contributed by atoms with Crippen LogP contribution in [0.4, 0.5) is 0 Å². The van der Waals surface area contributed by atoms with Crippen LogP contribution in [0.5, 0.6) is 0 Å². The van der Waals surface area contributed by atoms with Gasteiger partial charge in [-0.1, -0.05) is 0 Å². The largest absolute Gasteiger partial charge is 0.379 e. The molecule has 0 bridgehead atoms. The van der Waals surface area contributed by atoms with Crippen molar-refractivity contribution in [1.29, 1.82) is 0 Å². The van der Waals surface area contributed by atoms with Crippen molar-refractivity contribution in [2.45, 2.75) is 25.7 Å². The molecule has 1 rings (SSSR count). The second-order valence-corrected chi connectivity index (χ2v) is 7.44. The van der Waals surface area contributed by atoms with Crippen LogP contribution in [-0.4, -0.2) is 107 Å². The molecule has 13 heteroatoms. The van der Waals surface area contributed by atoms with E-state index in [0.29, 0.717) is 39.0 Å². The minimum Gasteiger partial charge on any atom is -0.379 e. The van der Waals surface area contributed by atoms with Gasteiger partial charge < -0.3 is 24.3 Å². The van der Waals surface area contributed by atoms with E-state index >= 15 is 0 Å². The first-order chi connectivity index (χ1) is 16.9. The smallest absolute Gasteiger partial charge is 0.253 e. The van der Waals surface area contributed by atoms with Crippen LogP contribution in [0.3, 0.4) is 0 Å². The Balaban J connectivity index is 1.82. The number of nitrogens with two attached hydrogens (primary N) is 1. The monoisotopic (exact) mass is 501 g/mol. The lowest BCUT2D eigenvalue weighted by Gasteiger charge is -2.12. The van der Waals surface area contributed by atoms with E-state index in [4.69, 9.17) is 24.8 Å². The van der Waals surface area contributed by atoms with Gasteiger partial charge in [0.25, 0.3) is 11.8 Å². The fraction of sp³-hybridized carbons (Fsp3) is 0.682. The Labute approximate surface area is 204 Å². The molecule has 1 aliphatic rings. The molecule has 0 aromatic rings.